The van der Waals surface area contributed by atoms with Gasteiger partial charge in [0.2, 0.25) is 5.95 Å². The number of imidazole rings is 1. The molecule has 0 bridgehead atoms. The van der Waals surface area contributed by atoms with Crippen LogP contribution in [0.1, 0.15) is 23.7 Å². The van der Waals surface area contributed by atoms with Gasteiger partial charge in [0.05, 0.1) is 18.2 Å². The molecule has 2 unspecified atom stereocenters. The molecule has 3 heterocycles. The number of amides is 1. The minimum absolute atomic E-state index is 0.00461. The van der Waals surface area contributed by atoms with Gasteiger partial charge in [-0.05, 0) is 19.1 Å². The number of alkyl halides is 3. The zero-order valence-corrected chi connectivity index (χ0v) is 20.9. The molecule has 206 valence electrons. The molecule has 2 atom stereocenters. The lowest BCUT2D eigenvalue weighted by molar-refractivity contribution is -0.206. The van der Waals surface area contributed by atoms with E-state index in [0.29, 0.717) is 0 Å². The summed E-state index contributed by atoms with van der Waals surface area (Å²) >= 11 is 0. The molecule has 0 saturated carbocycles. The Kier molecular flexibility index (Phi) is 7.50. The van der Waals surface area contributed by atoms with Gasteiger partial charge in [-0.1, -0.05) is 18.1 Å². The van der Waals surface area contributed by atoms with Crippen molar-refractivity contribution in [2.24, 2.45) is 18.5 Å². The normalized spacial score (nSPS) is 17.4. The summed E-state index contributed by atoms with van der Waals surface area (Å²) in [7, 11) is 1.43. The fourth-order valence-electron chi connectivity index (χ4n) is 4.12. The summed E-state index contributed by atoms with van der Waals surface area (Å²) in [6, 6.07) is 5.05. The fraction of sp³-hybridized carbons (Fsp3) is 0.375. The van der Waals surface area contributed by atoms with Gasteiger partial charge in [0.25, 0.3) is 11.5 Å². The van der Waals surface area contributed by atoms with E-state index in [2.05, 4.69) is 26.5 Å². The third-order valence-corrected chi connectivity index (χ3v) is 6.06. The molecule has 2 aromatic heterocycles. The van der Waals surface area contributed by atoms with Crippen LogP contribution in [0.4, 0.5) is 19.1 Å². The number of hydrogen-bond donors (Lipinski definition) is 2. The molecule has 1 amide bonds. The lowest BCUT2D eigenvalue weighted by Crippen LogP contribution is -2.54. The predicted molar refractivity (Wildman–Crippen MR) is 132 cm³/mol. The number of rotatable bonds is 6. The van der Waals surface area contributed by atoms with E-state index in [0.717, 1.165) is 4.57 Å². The number of carbonyl (C=O) groups excluding carboxylic acids is 2. The van der Waals surface area contributed by atoms with Crippen LogP contribution in [0.2, 0.25) is 0 Å². The largest absolute Gasteiger partial charge is 0.490 e. The van der Waals surface area contributed by atoms with Gasteiger partial charge in [-0.3, -0.25) is 18.7 Å². The molecule has 0 aliphatic carbocycles. The Labute approximate surface area is 219 Å². The maximum Gasteiger partial charge on any atom is 0.490 e. The van der Waals surface area contributed by atoms with E-state index >= 15 is 0 Å². The lowest BCUT2D eigenvalue weighted by Gasteiger charge is -2.36. The number of aromatic nitrogens is 4. The highest BCUT2D eigenvalue weighted by molar-refractivity contribution is 5.95. The Balaban J connectivity index is 1.71. The smallest absolute Gasteiger partial charge is 0.454 e. The number of halogens is 3. The number of nitrogens with two attached hydrogens (primary N) is 2. The summed E-state index contributed by atoms with van der Waals surface area (Å²) in [5.74, 6) is 2.91. The third kappa shape index (κ3) is 5.50. The van der Waals surface area contributed by atoms with E-state index in [1.54, 1.807) is 24.0 Å². The van der Waals surface area contributed by atoms with Gasteiger partial charge in [-0.25, -0.2) is 4.79 Å². The molecule has 39 heavy (non-hydrogen) atoms. The average Bonchev–Trinajstić information content (AvgIpc) is 3.24. The molecular formula is C24H24F3N7O5. The summed E-state index contributed by atoms with van der Waals surface area (Å²) in [6.45, 7) is 1.78. The maximum absolute atomic E-state index is 13.4. The second-order valence-electron chi connectivity index (χ2n) is 8.66. The van der Waals surface area contributed by atoms with Crippen LogP contribution >= 0.6 is 0 Å². The van der Waals surface area contributed by atoms with Crippen molar-refractivity contribution in [3.05, 3.63) is 40.2 Å². The van der Waals surface area contributed by atoms with E-state index < -0.39 is 35.8 Å². The number of benzene rings is 1. The summed E-state index contributed by atoms with van der Waals surface area (Å²) in [6.07, 6.45) is -6.29. The number of piperidine rings is 1. The highest BCUT2D eigenvalue weighted by Gasteiger charge is 2.44. The maximum atomic E-state index is 13.4. The first-order valence-electron chi connectivity index (χ1n) is 11.6. The molecule has 15 heteroatoms. The van der Waals surface area contributed by atoms with Gasteiger partial charge >= 0.3 is 18.2 Å². The molecule has 1 fully saturated rings. The standard InChI is InChI=1S/C24H24F3N7O5/c1-3-4-10-34-17-19(30-22(34)33-11-9-16(14(28)12-33)38-21(37)24(25,26)27)31-23(32(2)20(17)36)39-15-8-6-5-7-13(15)18(29)35/h5-8,14,16H,9-12,28H2,1-2H3,(H2,29,35). The Morgan fingerprint density at radius 1 is 1.23 bits per heavy atom. The zero-order chi connectivity index (χ0) is 28.5. The highest BCUT2D eigenvalue weighted by Crippen LogP contribution is 2.28. The molecular weight excluding hydrogens is 523 g/mol. The minimum atomic E-state index is -5.13. The van der Waals surface area contributed by atoms with Gasteiger partial charge < -0.3 is 25.8 Å². The molecule has 1 aliphatic heterocycles. The van der Waals surface area contributed by atoms with Crippen molar-refractivity contribution in [3.8, 4) is 23.6 Å². The summed E-state index contributed by atoms with van der Waals surface area (Å²) < 4.78 is 50.9. The number of nitrogens with zero attached hydrogens (tertiary/aromatic N) is 5. The van der Waals surface area contributed by atoms with E-state index in [4.69, 9.17) is 16.2 Å². The van der Waals surface area contributed by atoms with Crippen LogP contribution in [0, 0.1) is 11.8 Å². The second kappa shape index (κ2) is 10.7. The van der Waals surface area contributed by atoms with Crippen molar-refractivity contribution in [2.45, 2.75) is 38.2 Å². The van der Waals surface area contributed by atoms with Gasteiger partial charge in [0.15, 0.2) is 11.2 Å². The SMILES string of the molecule is CC#CCn1c(N2CCC(OC(=O)C(F)(F)F)C(N)C2)nc2nc(Oc3ccccc3C(N)=O)n(C)c(=O)c21. The third-order valence-electron chi connectivity index (χ3n) is 6.06. The van der Waals surface area contributed by atoms with E-state index in [1.807, 2.05) is 0 Å². The number of primary amides is 1. The minimum Gasteiger partial charge on any atom is -0.454 e. The van der Waals surface area contributed by atoms with E-state index in [-0.39, 0.29) is 60.5 Å². The predicted octanol–water partition coefficient (Wildman–Crippen LogP) is 1.06. The second-order valence-corrected chi connectivity index (χ2v) is 8.66. The quantitative estimate of drug-likeness (QED) is 0.340. The van der Waals surface area contributed by atoms with E-state index in [9.17, 15) is 27.6 Å². The van der Waals surface area contributed by atoms with Crippen LogP contribution in [0.15, 0.2) is 29.1 Å². The van der Waals surface area contributed by atoms with Crippen molar-refractivity contribution < 1.29 is 32.2 Å². The summed E-state index contributed by atoms with van der Waals surface area (Å²) in [4.78, 5) is 47.0. The molecule has 4 N–H and O–H groups in total. The number of esters is 1. The van der Waals surface area contributed by atoms with Crippen molar-refractivity contribution in [3.63, 3.8) is 0 Å². The Morgan fingerprint density at radius 3 is 2.59 bits per heavy atom. The first-order valence-corrected chi connectivity index (χ1v) is 11.6. The van der Waals surface area contributed by atoms with Crippen LogP contribution in [-0.4, -0.2) is 62.4 Å². The molecule has 0 radical (unpaired) electrons. The van der Waals surface area contributed by atoms with Crippen molar-refractivity contribution >= 4 is 29.0 Å². The van der Waals surface area contributed by atoms with Gasteiger partial charge in [-0.2, -0.15) is 23.1 Å². The summed E-state index contributed by atoms with van der Waals surface area (Å²) in [5, 5.41) is 0. The van der Waals surface area contributed by atoms with Crippen LogP contribution in [0.3, 0.4) is 0 Å². The molecule has 1 aromatic carbocycles. The van der Waals surface area contributed by atoms with Gasteiger partial charge in [-0.15, -0.1) is 5.92 Å². The fourth-order valence-corrected chi connectivity index (χ4v) is 4.12. The first-order chi connectivity index (χ1) is 18.4. The van der Waals surface area contributed by atoms with E-state index in [1.165, 1.54) is 23.7 Å². The van der Waals surface area contributed by atoms with Crippen molar-refractivity contribution in [1.82, 2.24) is 19.1 Å². The molecule has 0 spiro atoms. The molecule has 12 nitrogen and oxygen atoms in total. The molecule has 1 saturated heterocycles. The number of para-hydroxylation sites is 1. The van der Waals surface area contributed by atoms with Crippen LogP contribution in [-0.2, 0) is 23.1 Å². The highest BCUT2D eigenvalue weighted by atomic mass is 19.4. The van der Waals surface area contributed by atoms with Gasteiger partial charge in [0.1, 0.15) is 11.9 Å². The average molecular weight is 547 g/mol. The van der Waals surface area contributed by atoms with Crippen molar-refractivity contribution in [1.29, 1.82) is 0 Å². The van der Waals surface area contributed by atoms with Gasteiger partial charge in [0, 0.05) is 26.6 Å². The van der Waals surface area contributed by atoms with Crippen LogP contribution in [0.25, 0.3) is 11.2 Å². The topological polar surface area (TPSA) is 161 Å². The Morgan fingerprint density at radius 2 is 1.95 bits per heavy atom. The van der Waals surface area contributed by atoms with Crippen molar-refractivity contribution in [2.75, 3.05) is 18.0 Å². The Hall–Kier alpha value is -4.58. The summed E-state index contributed by atoms with van der Waals surface area (Å²) in [5.41, 5.74) is 11.1. The first kappa shape index (κ1) is 27.5. The molecule has 3 aromatic rings. The monoisotopic (exact) mass is 547 g/mol. The number of hydrogen-bond acceptors (Lipinski definition) is 9. The Bertz CT molecular complexity index is 1550. The van der Waals surface area contributed by atoms with Crippen LogP contribution in [0.5, 0.6) is 11.8 Å². The number of anilines is 1. The number of carbonyl (C=O) groups is 2. The number of ether oxygens (including phenoxy) is 2. The number of fused-ring (bicyclic) bond motifs is 1. The lowest BCUT2D eigenvalue weighted by atomic mass is 10.0. The van der Waals surface area contributed by atoms with Crippen LogP contribution < -0.4 is 26.7 Å². The molecule has 4 rings (SSSR count). The zero-order valence-electron chi connectivity index (χ0n) is 20.9. The molecule has 1 aliphatic rings.